The predicted octanol–water partition coefficient (Wildman–Crippen LogP) is 3.46. The van der Waals surface area contributed by atoms with Crippen LogP contribution in [-0.2, 0) is 14.3 Å². The van der Waals surface area contributed by atoms with Gasteiger partial charge in [0.2, 0.25) is 0 Å². The summed E-state index contributed by atoms with van der Waals surface area (Å²) in [7, 11) is 0. The van der Waals surface area contributed by atoms with Crippen LogP contribution in [0, 0.1) is 0 Å². The molecule has 1 aliphatic carbocycles. The maximum absolute atomic E-state index is 11.9. The van der Waals surface area contributed by atoms with E-state index < -0.39 is 18.0 Å². The smallest absolute Gasteiger partial charge is 0.338 e. The van der Waals surface area contributed by atoms with Gasteiger partial charge in [0.25, 0.3) is 0 Å². The Morgan fingerprint density at radius 2 is 1.62 bits per heavy atom. The van der Waals surface area contributed by atoms with Crippen LogP contribution in [0.5, 0.6) is 5.75 Å². The zero-order chi connectivity index (χ0) is 17.9. The molecule has 1 aromatic carbocycles. The molecule has 0 saturated heterocycles. The fraction of sp³-hybridized carbons (Fsp3) is 0.263. The van der Waals surface area contributed by atoms with E-state index in [9.17, 15) is 14.7 Å². The van der Waals surface area contributed by atoms with Gasteiger partial charge >= 0.3 is 11.9 Å². The van der Waals surface area contributed by atoms with Crippen molar-refractivity contribution in [1.29, 1.82) is 0 Å². The summed E-state index contributed by atoms with van der Waals surface area (Å²) < 4.78 is 10.6. The molecular formula is C19H20O5. The summed E-state index contributed by atoms with van der Waals surface area (Å²) >= 11 is 0. The largest absolute Gasteiger partial charge is 0.423 e. The van der Waals surface area contributed by atoms with Gasteiger partial charge in [-0.3, -0.25) is 0 Å². The topological polar surface area (TPSA) is 72.8 Å². The number of fused-ring (bicyclic) bond motifs is 1. The summed E-state index contributed by atoms with van der Waals surface area (Å²) in [4.78, 5) is 23.8. The molecule has 1 aliphatic rings. The first-order valence-electron chi connectivity index (χ1n) is 7.61. The summed E-state index contributed by atoms with van der Waals surface area (Å²) in [5.74, 6) is -0.373. The van der Waals surface area contributed by atoms with E-state index in [0.29, 0.717) is 28.0 Å². The first kappa shape index (κ1) is 17.7. The van der Waals surface area contributed by atoms with Crippen LogP contribution in [0.2, 0.25) is 0 Å². The van der Waals surface area contributed by atoms with E-state index >= 15 is 0 Å². The second kappa shape index (κ2) is 7.27. The van der Waals surface area contributed by atoms with Crippen molar-refractivity contribution in [3.05, 3.63) is 58.7 Å². The van der Waals surface area contributed by atoms with Crippen molar-refractivity contribution < 1.29 is 24.2 Å². The van der Waals surface area contributed by atoms with Crippen molar-refractivity contribution in [3.8, 4) is 5.75 Å². The zero-order valence-electron chi connectivity index (χ0n) is 14.1. The van der Waals surface area contributed by atoms with Gasteiger partial charge < -0.3 is 14.6 Å². The van der Waals surface area contributed by atoms with Gasteiger partial charge in [-0.25, -0.2) is 9.59 Å². The van der Waals surface area contributed by atoms with Crippen LogP contribution < -0.4 is 4.74 Å². The standard InChI is InChI=1S/C19H20O5/c1-5-11(3)18(21)23-13-7-8-14-15(9-13)17(10-16(14)20)24-19(22)12(4)6-2/h5-10,16,20H,1-4H3/b11-5-,12-6-. The number of allylic oxidation sites excluding steroid dienone is 2. The van der Waals surface area contributed by atoms with Crippen molar-refractivity contribution in [2.75, 3.05) is 0 Å². The molecule has 126 valence electrons. The molecule has 1 N–H and O–H groups in total. The number of carbonyl (C=O) groups is 2. The van der Waals surface area contributed by atoms with E-state index in [2.05, 4.69) is 0 Å². The Hall–Kier alpha value is -2.66. The summed E-state index contributed by atoms with van der Waals surface area (Å²) in [6, 6.07) is 4.82. The van der Waals surface area contributed by atoms with Crippen LogP contribution in [0.1, 0.15) is 44.9 Å². The van der Waals surface area contributed by atoms with E-state index in [-0.39, 0.29) is 5.76 Å². The average molecular weight is 328 g/mol. The predicted molar refractivity (Wildman–Crippen MR) is 90.0 cm³/mol. The zero-order valence-corrected chi connectivity index (χ0v) is 14.1. The van der Waals surface area contributed by atoms with Gasteiger partial charge in [0, 0.05) is 16.7 Å². The lowest BCUT2D eigenvalue weighted by atomic mass is 10.1. The lowest BCUT2D eigenvalue weighted by Crippen LogP contribution is -2.09. The normalized spacial score (nSPS) is 17.2. The number of rotatable bonds is 4. The minimum Gasteiger partial charge on any atom is -0.423 e. The van der Waals surface area contributed by atoms with Gasteiger partial charge in [-0.1, -0.05) is 18.2 Å². The molecule has 0 saturated carbocycles. The Morgan fingerprint density at radius 3 is 2.21 bits per heavy atom. The van der Waals surface area contributed by atoms with Crippen LogP contribution in [0.4, 0.5) is 0 Å². The average Bonchev–Trinajstić information content (AvgIpc) is 2.88. The summed E-state index contributed by atoms with van der Waals surface area (Å²) in [5.41, 5.74) is 2.08. The van der Waals surface area contributed by atoms with E-state index in [1.54, 1.807) is 58.0 Å². The minimum absolute atomic E-state index is 0.254. The fourth-order valence-corrected chi connectivity index (χ4v) is 2.09. The summed E-state index contributed by atoms with van der Waals surface area (Å²) in [5, 5.41) is 10.1. The third-order valence-electron chi connectivity index (χ3n) is 3.84. The Morgan fingerprint density at radius 1 is 1.04 bits per heavy atom. The number of carbonyl (C=O) groups excluding carboxylic acids is 2. The summed E-state index contributed by atoms with van der Waals surface area (Å²) in [6.07, 6.45) is 3.89. The lowest BCUT2D eigenvalue weighted by Gasteiger charge is -2.10. The SMILES string of the molecule is C/C=C(/C)C(=O)OC1=CC(O)c2ccc(OC(=O)/C(C)=C\C)cc21. The summed E-state index contributed by atoms with van der Waals surface area (Å²) in [6.45, 7) is 6.79. The monoisotopic (exact) mass is 328 g/mol. The molecule has 0 aliphatic heterocycles. The number of aliphatic hydroxyl groups excluding tert-OH is 1. The molecular weight excluding hydrogens is 308 g/mol. The second-order valence-corrected chi connectivity index (χ2v) is 5.45. The quantitative estimate of drug-likeness (QED) is 0.520. The van der Waals surface area contributed by atoms with Gasteiger partial charge in [-0.15, -0.1) is 0 Å². The second-order valence-electron chi connectivity index (χ2n) is 5.45. The highest BCUT2D eigenvalue weighted by Gasteiger charge is 2.26. The van der Waals surface area contributed by atoms with Gasteiger partial charge in [-0.2, -0.15) is 0 Å². The Labute approximate surface area is 140 Å². The molecule has 0 bridgehead atoms. The number of hydrogen-bond donors (Lipinski definition) is 1. The molecule has 24 heavy (non-hydrogen) atoms. The van der Waals surface area contributed by atoms with Gasteiger partial charge in [-0.05, 0) is 51.5 Å². The highest BCUT2D eigenvalue weighted by atomic mass is 16.5. The number of aliphatic hydroxyl groups is 1. The van der Waals surface area contributed by atoms with Gasteiger partial charge in [0.05, 0.1) is 0 Å². The molecule has 1 atom stereocenters. The van der Waals surface area contributed by atoms with Gasteiger partial charge in [0.15, 0.2) is 0 Å². The van der Waals surface area contributed by atoms with Crippen LogP contribution >= 0.6 is 0 Å². The molecule has 0 radical (unpaired) electrons. The maximum Gasteiger partial charge on any atom is 0.338 e. The third-order valence-corrected chi connectivity index (χ3v) is 3.84. The van der Waals surface area contributed by atoms with Crippen molar-refractivity contribution in [3.63, 3.8) is 0 Å². The molecule has 1 aromatic rings. The molecule has 0 aromatic heterocycles. The number of esters is 2. The van der Waals surface area contributed by atoms with Gasteiger partial charge in [0.1, 0.15) is 17.6 Å². The molecule has 1 unspecified atom stereocenters. The minimum atomic E-state index is -0.865. The first-order valence-corrected chi connectivity index (χ1v) is 7.61. The van der Waals surface area contributed by atoms with Crippen LogP contribution in [-0.4, -0.2) is 17.0 Å². The van der Waals surface area contributed by atoms with Crippen molar-refractivity contribution in [2.45, 2.75) is 33.8 Å². The molecule has 5 nitrogen and oxygen atoms in total. The number of hydrogen-bond acceptors (Lipinski definition) is 5. The molecule has 0 heterocycles. The van der Waals surface area contributed by atoms with Crippen LogP contribution in [0.25, 0.3) is 5.76 Å². The fourth-order valence-electron chi connectivity index (χ4n) is 2.09. The van der Waals surface area contributed by atoms with Crippen molar-refractivity contribution in [1.82, 2.24) is 0 Å². The highest BCUT2D eigenvalue weighted by molar-refractivity contribution is 5.93. The van der Waals surface area contributed by atoms with E-state index in [4.69, 9.17) is 9.47 Å². The Balaban J connectivity index is 2.27. The van der Waals surface area contributed by atoms with E-state index in [0.717, 1.165) is 0 Å². The number of benzene rings is 1. The molecule has 0 spiro atoms. The van der Waals surface area contributed by atoms with E-state index in [1.807, 2.05) is 0 Å². The maximum atomic E-state index is 11.9. The van der Waals surface area contributed by atoms with Crippen LogP contribution in [0.3, 0.4) is 0 Å². The van der Waals surface area contributed by atoms with Crippen molar-refractivity contribution in [2.24, 2.45) is 0 Å². The lowest BCUT2D eigenvalue weighted by molar-refractivity contribution is -0.132. The van der Waals surface area contributed by atoms with Crippen LogP contribution in [0.15, 0.2) is 47.6 Å². The molecule has 2 rings (SSSR count). The molecule has 5 heteroatoms. The Kier molecular flexibility index (Phi) is 5.36. The first-order chi connectivity index (χ1) is 11.4. The van der Waals surface area contributed by atoms with Crippen molar-refractivity contribution >= 4 is 17.7 Å². The number of ether oxygens (including phenoxy) is 2. The third kappa shape index (κ3) is 3.63. The Bertz CT molecular complexity index is 768. The van der Waals surface area contributed by atoms with E-state index in [1.165, 1.54) is 6.08 Å². The molecule has 0 amide bonds. The molecule has 0 fully saturated rings. The highest BCUT2D eigenvalue weighted by Crippen LogP contribution is 2.37.